The maximum atomic E-state index is 11.9. The number of pyridine rings is 1. The molecule has 5 rings (SSSR count). The zero-order valence-electron chi connectivity index (χ0n) is 23.2. The van der Waals surface area contributed by atoms with Crippen molar-refractivity contribution in [2.24, 2.45) is 5.92 Å². The lowest BCUT2D eigenvalue weighted by Crippen LogP contribution is -2.38. The molecule has 0 aliphatic carbocycles. The molecule has 2 amide bonds. The number of nitrogens with one attached hydrogen (secondary N) is 2. The smallest absolute Gasteiger partial charge is 0.290 e. The molecule has 0 spiro atoms. The predicted octanol–water partition coefficient (Wildman–Crippen LogP) is 3.89. The molecule has 2 saturated heterocycles. The second-order valence-corrected chi connectivity index (χ2v) is 10.6. The van der Waals surface area contributed by atoms with Crippen molar-refractivity contribution in [3.63, 3.8) is 0 Å². The van der Waals surface area contributed by atoms with Gasteiger partial charge in [-0.25, -0.2) is 15.0 Å². The lowest BCUT2D eigenvalue weighted by molar-refractivity contribution is -0.115. The van der Waals surface area contributed by atoms with E-state index in [2.05, 4.69) is 25.5 Å². The summed E-state index contributed by atoms with van der Waals surface area (Å²) < 4.78 is 16.5. The second kappa shape index (κ2) is 13.0. The van der Waals surface area contributed by atoms with Gasteiger partial charge in [0.1, 0.15) is 17.2 Å². The van der Waals surface area contributed by atoms with E-state index < -0.39 is 5.91 Å². The number of carbonyl (C=O) groups excluding carboxylic acids is 2. The highest BCUT2D eigenvalue weighted by molar-refractivity contribution is 8.18. The molecule has 0 unspecified atom stereocenters. The number of amides is 2. The zero-order valence-corrected chi connectivity index (χ0v) is 24.0. The quantitative estimate of drug-likeness (QED) is 0.341. The van der Waals surface area contributed by atoms with Gasteiger partial charge >= 0.3 is 0 Å². The number of piperidine rings is 1. The van der Waals surface area contributed by atoms with Gasteiger partial charge in [0, 0.05) is 37.5 Å². The van der Waals surface area contributed by atoms with Crippen molar-refractivity contribution in [2.75, 3.05) is 45.9 Å². The Labute approximate surface area is 242 Å². The first-order valence-electron chi connectivity index (χ1n) is 13.3. The highest BCUT2D eigenvalue weighted by Crippen LogP contribution is 2.34. The number of hydrogen-bond acceptors (Lipinski definition) is 11. The number of imide groups is 1. The van der Waals surface area contributed by atoms with Crippen LogP contribution in [0.3, 0.4) is 0 Å². The van der Waals surface area contributed by atoms with Crippen LogP contribution in [0.1, 0.15) is 24.2 Å². The summed E-state index contributed by atoms with van der Waals surface area (Å²) in [4.78, 5) is 39.7. The molecule has 0 radical (unpaired) electrons. The maximum absolute atomic E-state index is 11.9. The Hall–Kier alpha value is -4.16. The third-order valence-electron chi connectivity index (χ3n) is 7.05. The van der Waals surface area contributed by atoms with Gasteiger partial charge in [0.2, 0.25) is 5.95 Å². The minimum Gasteiger partial charge on any atom is -0.497 e. The Morgan fingerprint density at radius 3 is 2.54 bits per heavy atom. The number of benzene rings is 1. The molecule has 4 heterocycles. The van der Waals surface area contributed by atoms with E-state index in [9.17, 15) is 9.59 Å². The summed E-state index contributed by atoms with van der Waals surface area (Å²) in [5.74, 6) is 2.87. The van der Waals surface area contributed by atoms with Gasteiger partial charge in [-0.1, -0.05) is 0 Å². The van der Waals surface area contributed by atoms with Gasteiger partial charge in [-0.15, -0.1) is 0 Å². The van der Waals surface area contributed by atoms with Gasteiger partial charge in [0.15, 0.2) is 0 Å². The maximum Gasteiger partial charge on any atom is 0.290 e. The number of aromatic nitrogens is 3. The lowest BCUT2D eigenvalue weighted by atomic mass is 9.97. The third kappa shape index (κ3) is 6.77. The Morgan fingerprint density at radius 2 is 1.83 bits per heavy atom. The Kier molecular flexibility index (Phi) is 9.00. The molecule has 2 fully saturated rings. The SMILES string of the molecule is COc1ccc(-c2ccc(OC)c(CNCC3CCN(c4nccc(C=C5SC(=O)NC5=O)n4)CC3)n2)c(OC)c1. The molecule has 1 aromatic carbocycles. The standard InChI is InChI=1S/C29H32N6O5S/c1-38-20-4-5-21(25(15-20)40-3)22-6-7-24(39-2)23(33-22)17-30-16-18-9-12-35(13-10-18)28-31-11-8-19(32-28)14-26-27(36)34-29(37)41-26/h4-8,11,14-15,18,30H,9-10,12-13,16-17H2,1-3H3,(H,34,36,37). The molecule has 0 bridgehead atoms. The van der Waals surface area contributed by atoms with Crippen LogP contribution in [0.2, 0.25) is 0 Å². The van der Waals surface area contributed by atoms with Crippen LogP contribution in [0, 0.1) is 5.92 Å². The van der Waals surface area contributed by atoms with E-state index in [-0.39, 0.29) is 5.24 Å². The van der Waals surface area contributed by atoms with E-state index in [4.69, 9.17) is 19.2 Å². The van der Waals surface area contributed by atoms with Crippen LogP contribution in [0.4, 0.5) is 10.7 Å². The molecule has 0 atom stereocenters. The summed E-state index contributed by atoms with van der Waals surface area (Å²) in [6.45, 7) is 3.08. The molecule has 3 aromatic rings. The van der Waals surface area contributed by atoms with Gasteiger partial charge in [0.05, 0.1) is 43.3 Å². The molecular weight excluding hydrogens is 544 g/mol. The number of nitrogens with zero attached hydrogens (tertiary/aromatic N) is 4. The number of rotatable bonds is 10. The Bertz CT molecular complexity index is 1460. The van der Waals surface area contributed by atoms with E-state index in [1.807, 2.05) is 30.3 Å². The fourth-order valence-electron chi connectivity index (χ4n) is 4.84. The van der Waals surface area contributed by atoms with Crippen molar-refractivity contribution >= 4 is 34.9 Å². The average molecular weight is 577 g/mol. The summed E-state index contributed by atoms with van der Waals surface area (Å²) in [5.41, 5.74) is 3.11. The first-order chi connectivity index (χ1) is 20.0. The van der Waals surface area contributed by atoms with Crippen molar-refractivity contribution in [3.05, 3.63) is 58.9 Å². The summed E-state index contributed by atoms with van der Waals surface area (Å²) in [6.07, 6.45) is 5.27. The lowest BCUT2D eigenvalue weighted by Gasteiger charge is -2.32. The van der Waals surface area contributed by atoms with Crippen LogP contribution < -0.4 is 29.7 Å². The van der Waals surface area contributed by atoms with Crippen molar-refractivity contribution < 1.29 is 23.8 Å². The molecule has 2 aliphatic rings. The number of carbonyl (C=O) groups is 2. The summed E-state index contributed by atoms with van der Waals surface area (Å²) in [5, 5.41) is 5.45. The minimum atomic E-state index is -0.395. The summed E-state index contributed by atoms with van der Waals surface area (Å²) in [7, 11) is 4.91. The van der Waals surface area contributed by atoms with E-state index in [0.717, 1.165) is 72.7 Å². The monoisotopic (exact) mass is 576 g/mol. The van der Waals surface area contributed by atoms with Crippen molar-refractivity contribution in [3.8, 4) is 28.5 Å². The summed E-state index contributed by atoms with van der Waals surface area (Å²) in [6, 6.07) is 11.3. The molecule has 12 heteroatoms. The fraction of sp³-hybridized carbons (Fsp3) is 0.345. The number of thioether (sulfide) groups is 1. The van der Waals surface area contributed by atoms with Crippen LogP contribution in [-0.4, -0.2) is 67.1 Å². The summed E-state index contributed by atoms with van der Waals surface area (Å²) >= 11 is 0.879. The van der Waals surface area contributed by atoms with Crippen LogP contribution in [0.25, 0.3) is 17.3 Å². The molecule has 41 heavy (non-hydrogen) atoms. The zero-order chi connectivity index (χ0) is 28.8. The molecule has 2 aromatic heterocycles. The Morgan fingerprint density at radius 1 is 1.02 bits per heavy atom. The number of hydrogen-bond donors (Lipinski definition) is 2. The van der Waals surface area contributed by atoms with Crippen LogP contribution >= 0.6 is 11.8 Å². The topological polar surface area (TPSA) is 128 Å². The largest absolute Gasteiger partial charge is 0.497 e. The highest BCUT2D eigenvalue weighted by atomic mass is 32.2. The number of methoxy groups -OCH3 is 3. The molecule has 0 saturated carbocycles. The van der Waals surface area contributed by atoms with Crippen LogP contribution in [-0.2, 0) is 11.3 Å². The van der Waals surface area contributed by atoms with Gasteiger partial charge < -0.3 is 24.4 Å². The normalized spacial score (nSPS) is 16.7. The van der Waals surface area contributed by atoms with Crippen molar-refractivity contribution in [1.29, 1.82) is 0 Å². The van der Waals surface area contributed by atoms with Gasteiger partial charge in [-0.05, 0) is 73.5 Å². The third-order valence-corrected chi connectivity index (χ3v) is 7.86. The van der Waals surface area contributed by atoms with Crippen molar-refractivity contribution in [1.82, 2.24) is 25.6 Å². The molecule has 214 valence electrons. The van der Waals surface area contributed by atoms with Crippen molar-refractivity contribution in [2.45, 2.75) is 19.4 Å². The fourth-order valence-corrected chi connectivity index (χ4v) is 5.51. The number of anilines is 1. The first kappa shape index (κ1) is 28.4. The molecule has 2 aliphatic heterocycles. The molecular formula is C29H32N6O5S. The van der Waals surface area contributed by atoms with Gasteiger partial charge in [0.25, 0.3) is 11.1 Å². The molecule has 2 N–H and O–H groups in total. The molecule has 11 nitrogen and oxygen atoms in total. The first-order valence-corrected chi connectivity index (χ1v) is 14.1. The second-order valence-electron chi connectivity index (χ2n) is 9.61. The van der Waals surface area contributed by atoms with E-state index in [1.165, 1.54) is 0 Å². The van der Waals surface area contributed by atoms with Gasteiger partial charge in [-0.3, -0.25) is 14.9 Å². The van der Waals surface area contributed by atoms with Crippen LogP contribution in [0.5, 0.6) is 17.2 Å². The number of ether oxygens (including phenoxy) is 3. The van der Waals surface area contributed by atoms with Crippen LogP contribution in [0.15, 0.2) is 47.5 Å². The Balaban J connectivity index is 1.17. The van der Waals surface area contributed by atoms with Gasteiger partial charge in [-0.2, -0.15) is 0 Å². The minimum absolute atomic E-state index is 0.337. The van der Waals surface area contributed by atoms with E-state index in [1.54, 1.807) is 39.7 Å². The average Bonchev–Trinajstić information content (AvgIpc) is 3.32. The van der Waals surface area contributed by atoms with E-state index in [0.29, 0.717) is 34.8 Å². The predicted molar refractivity (Wildman–Crippen MR) is 157 cm³/mol. The highest BCUT2D eigenvalue weighted by Gasteiger charge is 2.26. The van der Waals surface area contributed by atoms with E-state index >= 15 is 0 Å².